The summed E-state index contributed by atoms with van der Waals surface area (Å²) in [5.41, 5.74) is 3.17. The van der Waals surface area contributed by atoms with Gasteiger partial charge in [0.05, 0.1) is 5.41 Å². The van der Waals surface area contributed by atoms with E-state index in [4.69, 9.17) is 11.4 Å². The minimum Gasteiger partial charge on any atom is -0.353 e. The third kappa shape index (κ3) is 4.75. The van der Waals surface area contributed by atoms with Crippen molar-refractivity contribution in [2.75, 3.05) is 57.3 Å². The molecule has 2 unspecified atom stereocenters. The molecule has 0 aromatic carbocycles. The van der Waals surface area contributed by atoms with Crippen molar-refractivity contribution in [2.45, 2.75) is 70.4 Å². The van der Waals surface area contributed by atoms with Crippen LogP contribution < -0.4 is 4.90 Å². The summed E-state index contributed by atoms with van der Waals surface area (Å²) >= 11 is 3.53. The van der Waals surface area contributed by atoms with Crippen LogP contribution in [0.15, 0.2) is 28.5 Å². The average Bonchev–Trinajstić information content (AvgIpc) is 3.85. The lowest BCUT2D eigenvalue weighted by Gasteiger charge is -2.40. The molecule has 1 aromatic rings. The number of nitrogens with zero attached hydrogens (tertiary/aromatic N) is 6. The van der Waals surface area contributed by atoms with Crippen molar-refractivity contribution < 1.29 is 4.79 Å². The summed E-state index contributed by atoms with van der Waals surface area (Å²) in [4.78, 5) is 33.3. The third-order valence-corrected chi connectivity index (χ3v) is 10.2. The van der Waals surface area contributed by atoms with Gasteiger partial charge in [0.1, 0.15) is 12.1 Å². The first-order valence-electron chi connectivity index (χ1n) is 14.7. The molecule has 2 saturated heterocycles. The van der Waals surface area contributed by atoms with Gasteiger partial charge in [0.15, 0.2) is 0 Å². The van der Waals surface area contributed by atoms with Crippen molar-refractivity contribution in [2.24, 2.45) is 5.41 Å². The van der Waals surface area contributed by atoms with Gasteiger partial charge in [-0.15, -0.1) is 6.42 Å². The largest absolute Gasteiger partial charge is 0.353 e. The van der Waals surface area contributed by atoms with E-state index in [1.54, 1.807) is 6.33 Å². The van der Waals surface area contributed by atoms with Gasteiger partial charge in [-0.25, -0.2) is 9.97 Å². The Balaban J connectivity index is 1.20. The number of halogens is 1. The highest BCUT2D eigenvalue weighted by Crippen LogP contribution is 2.59. The summed E-state index contributed by atoms with van der Waals surface area (Å²) in [7, 11) is 0. The number of hydrogen-bond donors (Lipinski definition) is 0. The highest BCUT2D eigenvalue weighted by Gasteiger charge is 2.65. The van der Waals surface area contributed by atoms with Crippen LogP contribution in [0.5, 0.6) is 0 Å². The molecule has 3 heterocycles. The molecule has 208 valence electrons. The van der Waals surface area contributed by atoms with Gasteiger partial charge in [0, 0.05) is 86.7 Å². The van der Waals surface area contributed by atoms with Crippen molar-refractivity contribution >= 4 is 27.7 Å². The molecule has 8 heteroatoms. The Bertz CT molecular complexity index is 1230. The summed E-state index contributed by atoms with van der Waals surface area (Å²) in [5.74, 6) is 4.26. The lowest BCUT2D eigenvalue weighted by molar-refractivity contribution is -0.136. The number of allylic oxidation sites excluding steroid dienone is 3. The number of piperazine rings is 2. The molecule has 3 aliphatic carbocycles. The zero-order chi connectivity index (χ0) is 27.4. The van der Waals surface area contributed by atoms with Crippen LogP contribution in [0.2, 0.25) is 0 Å². The first-order valence-corrected chi connectivity index (χ1v) is 15.5. The topological polar surface area (TPSA) is 55.8 Å². The standard InChI is InChI=1S/C31H41BrN6O/c1-5-24(7-6-23(4)32)31(20-26(31)36-14-12-35(13-15-36)22(2)3)29(39)38-18-16-37(17-19-38)28-27-25(33-21-34-28)8-9-30(27)10-11-30/h1,6-7,21-22,26H,8-20H2,2-4H3/b23-6+,24-7+. The van der Waals surface area contributed by atoms with E-state index < -0.39 is 5.41 Å². The molecule has 6 rings (SSSR count). The Morgan fingerprint density at radius 3 is 2.41 bits per heavy atom. The summed E-state index contributed by atoms with van der Waals surface area (Å²) in [6, 6.07) is 0.719. The third-order valence-electron chi connectivity index (χ3n) is 9.94. The van der Waals surface area contributed by atoms with Crippen LogP contribution in [0.3, 0.4) is 0 Å². The molecule has 5 aliphatic rings. The van der Waals surface area contributed by atoms with E-state index in [1.165, 1.54) is 30.5 Å². The number of carbonyl (C=O) groups is 1. The number of fused-ring (bicyclic) bond motifs is 2. The molecule has 2 saturated carbocycles. The zero-order valence-corrected chi connectivity index (χ0v) is 25.2. The molecule has 1 amide bonds. The van der Waals surface area contributed by atoms with Crippen LogP contribution in [-0.4, -0.2) is 95.0 Å². The number of amides is 1. The Kier molecular flexibility index (Phi) is 7.14. The first kappa shape index (κ1) is 27.0. The van der Waals surface area contributed by atoms with E-state index >= 15 is 0 Å². The Morgan fingerprint density at radius 1 is 1.08 bits per heavy atom. The highest BCUT2D eigenvalue weighted by molar-refractivity contribution is 9.11. The number of rotatable bonds is 6. The van der Waals surface area contributed by atoms with Crippen LogP contribution in [0.1, 0.15) is 57.7 Å². The van der Waals surface area contributed by atoms with E-state index in [0.29, 0.717) is 24.5 Å². The maximum atomic E-state index is 14.4. The zero-order valence-electron chi connectivity index (χ0n) is 23.6. The molecule has 2 atom stereocenters. The van der Waals surface area contributed by atoms with Gasteiger partial charge in [-0.1, -0.05) is 27.9 Å². The van der Waals surface area contributed by atoms with E-state index in [9.17, 15) is 4.79 Å². The summed E-state index contributed by atoms with van der Waals surface area (Å²) in [5, 5.41) is 0. The van der Waals surface area contributed by atoms with Crippen molar-refractivity contribution in [3.8, 4) is 12.3 Å². The molecular formula is C31H41BrN6O. The second kappa shape index (κ2) is 10.3. The SMILES string of the molecule is C#C/C(=C\C=C(/C)Br)C1(C(=O)N2CCN(c3ncnc4c3C3(CC4)CC3)CC2)CC1N1CCN(C(C)C)CC1. The molecule has 0 bridgehead atoms. The quantitative estimate of drug-likeness (QED) is 0.370. The maximum absolute atomic E-state index is 14.4. The molecule has 0 radical (unpaired) electrons. The van der Waals surface area contributed by atoms with Crippen LogP contribution in [-0.2, 0) is 16.6 Å². The van der Waals surface area contributed by atoms with Crippen molar-refractivity contribution in [3.63, 3.8) is 0 Å². The first-order chi connectivity index (χ1) is 18.8. The van der Waals surface area contributed by atoms with Gasteiger partial charge in [0.2, 0.25) is 5.91 Å². The lowest BCUT2D eigenvalue weighted by atomic mass is 9.91. The number of hydrogen-bond acceptors (Lipinski definition) is 6. The van der Waals surface area contributed by atoms with E-state index in [-0.39, 0.29) is 11.9 Å². The second-order valence-corrected chi connectivity index (χ2v) is 13.7. The van der Waals surface area contributed by atoms with Crippen LogP contribution in [0, 0.1) is 17.8 Å². The molecular weight excluding hydrogens is 552 g/mol. The van der Waals surface area contributed by atoms with Gasteiger partial charge < -0.3 is 9.80 Å². The molecule has 7 nitrogen and oxygen atoms in total. The van der Waals surface area contributed by atoms with Gasteiger partial charge in [-0.05, 0) is 63.4 Å². The molecule has 2 aliphatic heterocycles. The van der Waals surface area contributed by atoms with Crippen molar-refractivity contribution in [3.05, 3.63) is 39.8 Å². The number of anilines is 1. The number of carbonyl (C=O) groups excluding carboxylic acids is 1. The smallest absolute Gasteiger partial charge is 0.235 e. The molecule has 1 spiro atoms. The van der Waals surface area contributed by atoms with Crippen molar-refractivity contribution in [1.82, 2.24) is 24.7 Å². The Labute approximate surface area is 241 Å². The van der Waals surface area contributed by atoms with Gasteiger partial charge in [-0.3, -0.25) is 14.6 Å². The minimum atomic E-state index is -0.621. The number of terminal acetylenes is 1. The van der Waals surface area contributed by atoms with Gasteiger partial charge in [-0.2, -0.15) is 0 Å². The fourth-order valence-corrected chi connectivity index (χ4v) is 7.46. The molecule has 4 fully saturated rings. The van der Waals surface area contributed by atoms with Gasteiger partial charge in [0.25, 0.3) is 0 Å². The average molecular weight is 594 g/mol. The summed E-state index contributed by atoms with van der Waals surface area (Å²) in [6.45, 7) is 13.6. The summed E-state index contributed by atoms with van der Waals surface area (Å²) in [6.07, 6.45) is 17.4. The molecule has 39 heavy (non-hydrogen) atoms. The number of aromatic nitrogens is 2. The highest BCUT2D eigenvalue weighted by atomic mass is 79.9. The summed E-state index contributed by atoms with van der Waals surface area (Å²) < 4.78 is 1.00. The normalized spacial score (nSPS) is 29.1. The predicted molar refractivity (Wildman–Crippen MR) is 159 cm³/mol. The van der Waals surface area contributed by atoms with E-state index in [0.717, 1.165) is 68.0 Å². The second-order valence-electron chi connectivity index (χ2n) is 12.4. The van der Waals surface area contributed by atoms with Crippen LogP contribution in [0.4, 0.5) is 5.82 Å². The maximum Gasteiger partial charge on any atom is 0.235 e. The minimum absolute atomic E-state index is 0.170. The fourth-order valence-electron chi connectivity index (χ4n) is 7.33. The predicted octanol–water partition coefficient (Wildman–Crippen LogP) is 3.75. The van der Waals surface area contributed by atoms with E-state index in [2.05, 4.69) is 60.3 Å². The van der Waals surface area contributed by atoms with Gasteiger partial charge >= 0.3 is 0 Å². The number of aryl methyl sites for hydroxylation is 1. The van der Waals surface area contributed by atoms with E-state index in [1.807, 2.05) is 19.1 Å². The van der Waals surface area contributed by atoms with Crippen LogP contribution in [0.25, 0.3) is 0 Å². The monoisotopic (exact) mass is 592 g/mol. The Morgan fingerprint density at radius 2 is 1.79 bits per heavy atom. The lowest BCUT2D eigenvalue weighted by Crippen LogP contribution is -2.54. The Hall–Kier alpha value is -2.21. The van der Waals surface area contributed by atoms with Crippen LogP contribution >= 0.6 is 15.9 Å². The molecule has 1 aromatic heterocycles. The van der Waals surface area contributed by atoms with Crippen molar-refractivity contribution in [1.29, 1.82) is 0 Å². The fraction of sp³-hybridized carbons (Fsp3) is 0.645. The molecule has 0 N–H and O–H groups in total.